The molecule has 1 fully saturated rings. The highest BCUT2D eigenvalue weighted by Gasteiger charge is 2.37. The van der Waals surface area contributed by atoms with E-state index in [4.69, 9.17) is 14.7 Å². The van der Waals surface area contributed by atoms with Gasteiger partial charge in [-0.3, -0.25) is 14.9 Å². The Balaban J connectivity index is 1.99. The lowest BCUT2D eigenvalue weighted by atomic mass is 10.1. The number of amides is 4. The third-order valence-corrected chi connectivity index (χ3v) is 3.99. The van der Waals surface area contributed by atoms with E-state index in [2.05, 4.69) is 0 Å². The number of para-hydroxylation sites is 1. The van der Waals surface area contributed by atoms with E-state index in [0.29, 0.717) is 16.2 Å². The first kappa shape index (κ1) is 19.6. The summed E-state index contributed by atoms with van der Waals surface area (Å²) in [6.45, 7) is -0.183. The van der Waals surface area contributed by atoms with Crippen LogP contribution in [0.3, 0.4) is 0 Å². The van der Waals surface area contributed by atoms with Crippen molar-refractivity contribution in [3.8, 4) is 17.6 Å². The van der Waals surface area contributed by atoms with Gasteiger partial charge < -0.3 is 9.47 Å². The molecule has 0 radical (unpaired) electrons. The van der Waals surface area contributed by atoms with Crippen LogP contribution in [0.4, 0.5) is 14.9 Å². The molecule has 0 spiro atoms. The third-order valence-electron chi connectivity index (χ3n) is 3.99. The molecule has 4 amide bonds. The molecule has 0 aliphatic carbocycles. The van der Waals surface area contributed by atoms with Gasteiger partial charge in [-0.2, -0.15) is 5.26 Å². The Hall–Kier alpha value is -4.19. The van der Waals surface area contributed by atoms with E-state index in [-0.39, 0.29) is 23.6 Å². The largest absolute Gasteiger partial charge is 0.493 e. The molecule has 0 atom stereocenters. The Morgan fingerprint density at radius 1 is 1.17 bits per heavy atom. The Bertz CT molecular complexity index is 1070. The van der Waals surface area contributed by atoms with Crippen molar-refractivity contribution in [3.63, 3.8) is 0 Å². The fourth-order valence-electron chi connectivity index (χ4n) is 2.68. The van der Waals surface area contributed by atoms with Gasteiger partial charge in [0.1, 0.15) is 17.5 Å². The number of ether oxygens (including phenoxy) is 2. The number of hydrogen-bond donors (Lipinski definition) is 1. The highest BCUT2D eigenvalue weighted by Crippen LogP contribution is 2.30. The summed E-state index contributed by atoms with van der Waals surface area (Å²) < 4.78 is 24.5. The molecule has 2 aromatic carbocycles. The maximum Gasteiger partial charge on any atom is 0.336 e. The molecule has 8 nitrogen and oxygen atoms in total. The summed E-state index contributed by atoms with van der Waals surface area (Å²) in [5, 5.41) is 10.6. The number of halogens is 1. The topological polar surface area (TPSA) is 109 Å². The summed E-state index contributed by atoms with van der Waals surface area (Å²) in [4.78, 5) is 37.7. The minimum absolute atomic E-state index is 0.183. The van der Waals surface area contributed by atoms with Crippen molar-refractivity contribution in [1.29, 1.82) is 5.26 Å². The number of barbiturate groups is 1. The van der Waals surface area contributed by atoms with E-state index < -0.39 is 23.7 Å². The molecular formula is C20H14FN3O5. The van der Waals surface area contributed by atoms with Crippen molar-refractivity contribution in [2.24, 2.45) is 0 Å². The second-order valence-corrected chi connectivity index (χ2v) is 5.77. The smallest absolute Gasteiger partial charge is 0.336 e. The predicted octanol–water partition coefficient (Wildman–Crippen LogP) is 2.40. The molecule has 1 heterocycles. The molecule has 9 heteroatoms. The molecule has 2 aromatic rings. The fraction of sp³-hybridized carbons (Fsp3) is 0.100. The highest BCUT2D eigenvalue weighted by molar-refractivity contribution is 6.39. The van der Waals surface area contributed by atoms with Gasteiger partial charge in [-0.25, -0.2) is 14.1 Å². The van der Waals surface area contributed by atoms with Gasteiger partial charge in [0.05, 0.1) is 12.8 Å². The van der Waals surface area contributed by atoms with Crippen molar-refractivity contribution in [2.45, 2.75) is 0 Å². The van der Waals surface area contributed by atoms with Gasteiger partial charge in [0.25, 0.3) is 11.8 Å². The minimum atomic E-state index is -1.04. The second kappa shape index (κ2) is 8.22. The molecule has 1 aliphatic rings. The lowest BCUT2D eigenvalue weighted by molar-refractivity contribution is -0.122. The molecule has 0 bridgehead atoms. The van der Waals surface area contributed by atoms with Crippen molar-refractivity contribution in [1.82, 2.24) is 5.32 Å². The number of nitriles is 1. The lowest BCUT2D eigenvalue weighted by Gasteiger charge is -2.26. The number of rotatable bonds is 5. The van der Waals surface area contributed by atoms with Gasteiger partial charge in [-0.1, -0.05) is 18.2 Å². The molecule has 0 unspecified atom stereocenters. The van der Waals surface area contributed by atoms with E-state index in [1.54, 1.807) is 0 Å². The van der Waals surface area contributed by atoms with Crippen molar-refractivity contribution in [3.05, 3.63) is 59.4 Å². The average Bonchev–Trinajstić information content (AvgIpc) is 2.71. The summed E-state index contributed by atoms with van der Waals surface area (Å²) in [6.07, 6.45) is 1.24. The van der Waals surface area contributed by atoms with Gasteiger partial charge in [-0.15, -0.1) is 0 Å². The first-order valence-corrected chi connectivity index (χ1v) is 8.30. The van der Waals surface area contributed by atoms with Gasteiger partial charge in [0.2, 0.25) is 0 Å². The molecule has 1 saturated heterocycles. The normalized spacial score (nSPS) is 15.1. The lowest BCUT2D eigenvalue weighted by Crippen LogP contribution is -2.54. The number of methoxy groups -OCH3 is 1. The van der Waals surface area contributed by atoms with E-state index in [1.165, 1.54) is 49.6 Å². The molecule has 29 heavy (non-hydrogen) atoms. The summed E-state index contributed by atoms with van der Waals surface area (Å²) in [5.41, 5.74) is -0.237. The highest BCUT2D eigenvalue weighted by atomic mass is 19.1. The molecule has 1 aliphatic heterocycles. The zero-order valence-electron chi connectivity index (χ0n) is 15.1. The number of benzene rings is 2. The number of hydrogen-bond acceptors (Lipinski definition) is 6. The van der Waals surface area contributed by atoms with Gasteiger partial charge in [0, 0.05) is 0 Å². The van der Waals surface area contributed by atoms with Crippen LogP contribution in [-0.2, 0) is 9.59 Å². The third kappa shape index (κ3) is 3.91. The second-order valence-electron chi connectivity index (χ2n) is 5.77. The number of imide groups is 2. The zero-order chi connectivity index (χ0) is 21.0. The van der Waals surface area contributed by atoms with E-state index in [9.17, 15) is 18.8 Å². The molecular weight excluding hydrogens is 381 g/mol. The number of nitrogens with zero attached hydrogens (tertiary/aromatic N) is 2. The van der Waals surface area contributed by atoms with Crippen LogP contribution in [0, 0.1) is 17.1 Å². The standard InChI is InChI=1S/C20H14FN3O5/c1-28-17-11-12(6-7-16(17)29-9-8-22)10-13-18(25)23-20(27)24(19(13)26)15-5-3-2-4-14(15)21/h2-7,10-11H,9H2,1H3,(H,23,25,27)/b13-10+. The number of carbonyl (C=O) groups excluding carboxylic acids is 3. The summed E-state index contributed by atoms with van der Waals surface area (Å²) in [5.74, 6) is -2.08. The first-order valence-electron chi connectivity index (χ1n) is 8.30. The van der Waals surface area contributed by atoms with Crippen molar-refractivity contribution < 1.29 is 28.2 Å². The van der Waals surface area contributed by atoms with Gasteiger partial charge >= 0.3 is 6.03 Å². The maximum absolute atomic E-state index is 14.1. The SMILES string of the molecule is COc1cc(/C=C2\C(=O)NC(=O)N(c3ccccc3F)C2=O)ccc1OCC#N. The van der Waals surface area contributed by atoms with Crippen LogP contribution in [-0.4, -0.2) is 31.6 Å². The molecule has 0 aromatic heterocycles. The van der Waals surface area contributed by atoms with Crippen LogP contribution in [0.15, 0.2) is 48.0 Å². The van der Waals surface area contributed by atoms with Crippen LogP contribution in [0.1, 0.15) is 5.56 Å². The monoisotopic (exact) mass is 395 g/mol. The van der Waals surface area contributed by atoms with Crippen LogP contribution < -0.4 is 19.7 Å². The Labute approximate surface area is 164 Å². The van der Waals surface area contributed by atoms with Crippen molar-refractivity contribution >= 4 is 29.6 Å². The minimum Gasteiger partial charge on any atom is -0.493 e. The van der Waals surface area contributed by atoms with Crippen molar-refractivity contribution in [2.75, 3.05) is 18.6 Å². The van der Waals surface area contributed by atoms with E-state index in [0.717, 1.165) is 6.07 Å². The quantitative estimate of drug-likeness (QED) is 0.615. The van der Waals surface area contributed by atoms with E-state index in [1.807, 2.05) is 11.4 Å². The zero-order valence-corrected chi connectivity index (χ0v) is 15.1. The predicted molar refractivity (Wildman–Crippen MR) is 99.5 cm³/mol. The molecule has 0 saturated carbocycles. The first-order chi connectivity index (χ1) is 14.0. The Morgan fingerprint density at radius 2 is 1.93 bits per heavy atom. The Morgan fingerprint density at radius 3 is 2.62 bits per heavy atom. The number of carbonyl (C=O) groups is 3. The average molecular weight is 395 g/mol. The number of urea groups is 1. The van der Waals surface area contributed by atoms with Crippen LogP contribution in [0.25, 0.3) is 6.08 Å². The molecule has 3 rings (SSSR count). The van der Waals surface area contributed by atoms with E-state index >= 15 is 0 Å². The molecule has 1 N–H and O–H groups in total. The fourth-order valence-corrected chi connectivity index (χ4v) is 2.68. The van der Waals surface area contributed by atoms with Gasteiger partial charge in [-0.05, 0) is 35.9 Å². The Kier molecular flexibility index (Phi) is 5.55. The maximum atomic E-state index is 14.1. The summed E-state index contributed by atoms with van der Waals surface area (Å²) >= 11 is 0. The van der Waals surface area contributed by atoms with Crippen LogP contribution in [0.2, 0.25) is 0 Å². The molecule has 146 valence electrons. The summed E-state index contributed by atoms with van der Waals surface area (Å²) in [6, 6.07) is 10.5. The van der Waals surface area contributed by atoms with Gasteiger partial charge in [0.15, 0.2) is 18.1 Å². The number of nitrogens with one attached hydrogen (secondary N) is 1. The van der Waals surface area contributed by atoms with Crippen LogP contribution in [0.5, 0.6) is 11.5 Å². The summed E-state index contributed by atoms with van der Waals surface area (Å²) in [7, 11) is 1.39. The van der Waals surface area contributed by atoms with Crippen LogP contribution >= 0.6 is 0 Å². The number of anilines is 1.